The minimum atomic E-state index is -0.0844. The van der Waals surface area contributed by atoms with Gasteiger partial charge in [0, 0.05) is 31.6 Å². The molecule has 0 saturated carbocycles. The molecular weight excluding hydrogens is 448 g/mol. The van der Waals surface area contributed by atoms with E-state index in [1.165, 1.54) is 11.3 Å². The Hall–Kier alpha value is -3.20. The zero-order valence-corrected chi connectivity index (χ0v) is 20.0. The maximum atomic E-state index is 12.9. The van der Waals surface area contributed by atoms with Crippen molar-refractivity contribution in [1.82, 2.24) is 20.0 Å². The Labute approximate surface area is 202 Å². The molecule has 0 unspecified atom stereocenters. The quantitative estimate of drug-likeness (QED) is 0.416. The number of hydrogen-bond donors (Lipinski definition) is 1. The highest BCUT2D eigenvalue weighted by Crippen LogP contribution is 2.30. The Morgan fingerprint density at radius 1 is 1.12 bits per heavy atom. The van der Waals surface area contributed by atoms with Crippen molar-refractivity contribution in [3.05, 3.63) is 76.8 Å². The topological polar surface area (TPSA) is 68.6 Å². The molecule has 176 valence electrons. The van der Waals surface area contributed by atoms with E-state index in [9.17, 15) is 4.79 Å². The predicted octanol–water partition coefficient (Wildman–Crippen LogP) is 4.04. The van der Waals surface area contributed by atoms with Crippen molar-refractivity contribution in [3.63, 3.8) is 0 Å². The van der Waals surface area contributed by atoms with Gasteiger partial charge in [-0.05, 0) is 42.8 Å². The number of carbonyl (C=O) groups is 1. The van der Waals surface area contributed by atoms with Gasteiger partial charge in [-0.15, -0.1) is 11.3 Å². The Balaban J connectivity index is 1.20. The molecule has 34 heavy (non-hydrogen) atoms. The number of fused-ring (bicyclic) bond motifs is 1. The summed E-state index contributed by atoms with van der Waals surface area (Å²) in [7, 11) is 0. The average molecular weight is 477 g/mol. The van der Waals surface area contributed by atoms with Gasteiger partial charge in [0.05, 0.1) is 29.5 Å². The highest BCUT2D eigenvalue weighted by atomic mass is 32.1. The molecule has 5 rings (SSSR count). The first kappa shape index (κ1) is 22.6. The lowest BCUT2D eigenvalue weighted by atomic mass is 10.2. The fraction of sp³-hybridized carbons (Fsp3) is 0.308. The Bertz CT molecular complexity index is 1260. The largest absolute Gasteiger partial charge is 0.492 e. The molecule has 0 atom stereocenters. The summed E-state index contributed by atoms with van der Waals surface area (Å²) < 4.78 is 13.2. The monoisotopic (exact) mass is 476 g/mol. The van der Waals surface area contributed by atoms with Crippen LogP contribution in [0.4, 0.5) is 0 Å². The van der Waals surface area contributed by atoms with Crippen LogP contribution in [0.25, 0.3) is 15.9 Å². The predicted molar refractivity (Wildman–Crippen MR) is 134 cm³/mol. The lowest BCUT2D eigenvalue weighted by Crippen LogP contribution is -2.38. The molecule has 2 aromatic heterocycles. The maximum absolute atomic E-state index is 12.9. The second-order valence-corrected chi connectivity index (χ2v) is 9.33. The molecule has 1 aliphatic rings. The number of nitrogens with one attached hydrogen (secondary N) is 1. The van der Waals surface area contributed by atoms with Crippen molar-refractivity contribution >= 4 is 27.5 Å². The molecule has 0 spiro atoms. The van der Waals surface area contributed by atoms with Crippen LogP contribution in [0, 0.1) is 6.92 Å². The van der Waals surface area contributed by atoms with Crippen LogP contribution < -0.4 is 10.1 Å². The zero-order valence-electron chi connectivity index (χ0n) is 19.2. The van der Waals surface area contributed by atoms with Crippen molar-refractivity contribution in [2.24, 2.45) is 0 Å². The minimum absolute atomic E-state index is 0.0844. The van der Waals surface area contributed by atoms with Gasteiger partial charge in [0.15, 0.2) is 0 Å². The van der Waals surface area contributed by atoms with Crippen LogP contribution in [0.5, 0.6) is 5.75 Å². The Morgan fingerprint density at radius 2 is 1.94 bits per heavy atom. The standard InChI is InChI=1S/C26H28N4O3S/c1-19-23-17-24(34-26(23)30(28-19)21-7-3-2-4-8-21)25(31)27-18-20-6-5-9-22(16-20)33-15-12-29-10-13-32-14-11-29/h2-9,16-17H,10-15,18H2,1H3,(H,27,31). The Kier molecular flexibility index (Phi) is 6.89. The van der Waals surface area contributed by atoms with Crippen LogP contribution in [0.1, 0.15) is 20.9 Å². The summed E-state index contributed by atoms with van der Waals surface area (Å²) in [6, 6.07) is 19.8. The highest BCUT2D eigenvalue weighted by molar-refractivity contribution is 7.20. The number of morpholine rings is 1. The van der Waals surface area contributed by atoms with Crippen molar-refractivity contribution in [2.45, 2.75) is 13.5 Å². The molecule has 1 fully saturated rings. The van der Waals surface area contributed by atoms with E-state index in [4.69, 9.17) is 9.47 Å². The molecule has 3 heterocycles. The molecule has 1 amide bonds. The molecule has 0 bridgehead atoms. The van der Waals surface area contributed by atoms with Gasteiger partial charge in [-0.25, -0.2) is 4.68 Å². The van der Waals surface area contributed by atoms with E-state index < -0.39 is 0 Å². The van der Waals surface area contributed by atoms with Crippen LogP contribution >= 0.6 is 11.3 Å². The molecule has 4 aromatic rings. The highest BCUT2D eigenvalue weighted by Gasteiger charge is 2.17. The normalized spacial score (nSPS) is 14.4. The lowest BCUT2D eigenvalue weighted by molar-refractivity contribution is 0.0322. The molecule has 0 aliphatic carbocycles. The summed E-state index contributed by atoms with van der Waals surface area (Å²) in [5.74, 6) is 0.735. The molecule has 8 heteroatoms. The number of carbonyl (C=O) groups excluding carboxylic acids is 1. The van der Waals surface area contributed by atoms with Gasteiger partial charge < -0.3 is 14.8 Å². The third kappa shape index (κ3) is 5.14. The molecular formula is C26H28N4O3S. The van der Waals surface area contributed by atoms with Gasteiger partial charge in [0.2, 0.25) is 0 Å². The second-order valence-electron chi connectivity index (χ2n) is 8.29. The number of thiophene rings is 1. The summed E-state index contributed by atoms with van der Waals surface area (Å²) >= 11 is 1.46. The fourth-order valence-electron chi connectivity index (χ4n) is 4.04. The molecule has 2 aromatic carbocycles. The van der Waals surface area contributed by atoms with Crippen LogP contribution in [0.2, 0.25) is 0 Å². The fourth-order valence-corrected chi connectivity index (χ4v) is 5.13. The summed E-state index contributed by atoms with van der Waals surface area (Å²) in [5, 5.41) is 8.70. The van der Waals surface area contributed by atoms with Gasteiger partial charge in [0.25, 0.3) is 5.91 Å². The lowest BCUT2D eigenvalue weighted by Gasteiger charge is -2.26. The van der Waals surface area contributed by atoms with E-state index in [1.54, 1.807) is 0 Å². The van der Waals surface area contributed by atoms with E-state index in [0.717, 1.165) is 65.8 Å². The van der Waals surface area contributed by atoms with Crippen molar-refractivity contribution in [3.8, 4) is 11.4 Å². The van der Waals surface area contributed by atoms with Gasteiger partial charge in [0.1, 0.15) is 17.2 Å². The average Bonchev–Trinajstić information content (AvgIpc) is 3.45. The number of rotatable bonds is 8. The van der Waals surface area contributed by atoms with E-state index in [-0.39, 0.29) is 5.91 Å². The molecule has 0 radical (unpaired) electrons. The molecule has 1 aliphatic heterocycles. The molecule has 1 saturated heterocycles. The summed E-state index contributed by atoms with van der Waals surface area (Å²) in [4.78, 5) is 16.9. The summed E-state index contributed by atoms with van der Waals surface area (Å²) in [6.07, 6.45) is 0. The maximum Gasteiger partial charge on any atom is 0.261 e. The van der Waals surface area contributed by atoms with Gasteiger partial charge >= 0.3 is 0 Å². The van der Waals surface area contributed by atoms with Gasteiger partial charge in [-0.2, -0.15) is 5.10 Å². The van der Waals surface area contributed by atoms with Crippen molar-refractivity contribution < 1.29 is 14.3 Å². The summed E-state index contributed by atoms with van der Waals surface area (Å²) in [6.45, 7) is 7.42. The van der Waals surface area contributed by atoms with E-state index in [0.29, 0.717) is 18.0 Å². The molecule has 7 nitrogen and oxygen atoms in total. The Morgan fingerprint density at radius 3 is 2.76 bits per heavy atom. The molecule has 1 N–H and O–H groups in total. The van der Waals surface area contributed by atoms with Crippen molar-refractivity contribution in [2.75, 3.05) is 39.5 Å². The van der Waals surface area contributed by atoms with Gasteiger partial charge in [-0.1, -0.05) is 30.3 Å². The van der Waals surface area contributed by atoms with E-state index >= 15 is 0 Å². The number of amides is 1. The third-order valence-electron chi connectivity index (χ3n) is 5.90. The number of ether oxygens (including phenoxy) is 2. The zero-order chi connectivity index (χ0) is 23.3. The summed E-state index contributed by atoms with van der Waals surface area (Å²) in [5.41, 5.74) is 2.90. The number of hydrogen-bond acceptors (Lipinski definition) is 6. The van der Waals surface area contributed by atoms with Crippen LogP contribution in [-0.4, -0.2) is 60.0 Å². The van der Waals surface area contributed by atoms with Crippen molar-refractivity contribution in [1.29, 1.82) is 0 Å². The SMILES string of the molecule is Cc1nn(-c2ccccc2)c2sc(C(=O)NCc3cccc(OCCN4CCOCC4)c3)cc12. The number of aromatic nitrogens is 2. The first-order valence-electron chi connectivity index (χ1n) is 11.5. The van der Waals surface area contributed by atoms with E-state index in [2.05, 4.69) is 15.3 Å². The van der Waals surface area contributed by atoms with Crippen LogP contribution in [-0.2, 0) is 11.3 Å². The number of para-hydroxylation sites is 1. The second kappa shape index (κ2) is 10.4. The first-order chi connectivity index (χ1) is 16.7. The number of benzene rings is 2. The first-order valence-corrected chi connectivity index (χ1v) is 12.3. The number of nitrogens with zero attached hydrogens (tertiary/aromatic N) is 3. The van der Waals surface area contributed by atoms with E-state index in [1.807, 2.05) is 72.3 Å². The third-order valence-corrected chi connectivity index (χ3v) is 7.01. The van der Waals surface area contributed by atoms with Crippen LogP contribution in [0.15, 0.2) is 60.7 Å². The minimum Gasteiger partial charge on any atom is -0.492 e. The smallest absolute Gasteiger partial charge is 0.261 e. The number of aryl methyl sites for hydroxylation is 1. The van der Waals surface area contributed by atoms with Crippen LogP contribution in [0.3, 0.4) is 0 Å². The van der Waals surface area contributed by atoms with Gasteiger partial charge in [-0.3, -0.25) is 9.69 Å².